The third-order valence-electron chi connectivity index (χ3n) is 4.88. The van der Waals surface area contributed by atoms with Gasteiger partial charge < -0.3 is 5.32 Å². The second kappa shape index (κ2) is 5.40. The first-order chi connectivity index (χ1) is 8.60. The van der Waals surface area contributed by atoms with Crippen molar-refractivity contribution in [3.05, 3.63) is 33.8 Å². The molecule has 0 saturated heterocycles. The summed E-state index contributed by atoms with van der Waals surface area (Å²) in [6, 6.07) is 6.59. The third kappa shape index (κ3) is 1.97. The Morgan fingerprint density at radius 1 is 1.28 bits per heavy atom. The summed E-state index contributed by atoms with van der Waals surface area (Å²) in [7, 11) is 2.06. The third-order valence-corrected chi connectivity index (χ3v) is 5.71. The first-order valence-corrected chi connectivity index (χ1v) is 7.47. The summed E-state index contributed by atoms with van der Waals surface area (Å²) >= 11 is 12.5. The number of nitrogens with one attached hydrogen (secondary N) is 1. The van der Waals surface area contributed by atoms with Crippen molar-refractivity contribution in [3.63, 3.8) is 0 Å². The fraction of sp³-hybridized carbons (Fsp3) is 0.600. The number of hydrogen-bond donors (Lipinski definition) is 1. The van der Waals surface area contributed by atoms with Crippen molar-refractivity contribution in [1.82, 2.24) is 5.32 Å². The SMILES string of the molecule is CCC1(CC)C(NC)CC1c1cccc(Cl)c1Cl. The highest BCUT2D eigenvalue weighted by Gasteiger charge is 2.52. The standard InChI is InChI=1S/C15H21Cl2N/c1-4-15(5-2)11(9-13(15)18-3)10-7-6-8-12(16)14(10)17/h6-8,11,13,18H,4-5,9H2,1-3H3. The molecule has 18 heavy (non-hydrogen) atoms. The second-order valence-electron chi connectivity index (χ2n) is 5.21. The maximum absolute atomic E-state index is 6.38. The average Bonchev–Trinajstić information content (AvgIpc) is 2.36. The van der Waals surface area contributed by atoms with E-state index >= 15 is 0 Å². The Bertz CT molecular complexity index is 427. The van der Waals surface area contributed by atoms with Crippen LogP contribution in [0.25, 0.3) is 0 Å². The molecule has 1 fully saturated rings. The Hall–Kier alpha value is -0.240. The molecule has 1 N–H and O–H groups in total. The summed E-state index contributed by atoms with van der Waals surface area (Å²) in [5.41, 5.74) is 1.54. The largest absolute Gasteiger partial charge is 0.316 e. The molecule has 1 saturated carbocycles. The van der Waals surface area contributed by atoms with Crippen LogP contribution in [0.15, 0.2) is 18.2 Å². The smallest absolute Gasteiger partial charge is 0.0627 e. The maximum atomic E-state index is 6.38. The van der Waals surface area contributed by atoms with E-state index in [0.717, 1.165) is 11.4 Å². The van der Waals surface area contributed by atoms with E-state index in [1.54, 1.807) is 0 Å². The average molecular weight is 286 g/mol. The van der Waals surface area contributed by atoms with Gasteiger partial charge in [0.25, 0.3) is 0 Å². The van der Waals surface area contributed by atoms with Gasteiger partial charge in [-0.1, -0.05) is 49.2 Å². The first kappa shape index (κ1) is 14.2. The van der Waals surface area contributed by atoms with Crippen LogP contribution in [-0.2, 0) is 0 Å². The van der Waals surface area contributed by atoms with Crippen molar-refractivity contribution in [3.8, 4) is 0 Å². The Balaban J connectivity index is 2.37. The number of halogens is 2. The van der Waals surface area contributed by atoms with Gasteiger partial charge in [0.05, 0.1) is 10.0 Å². The molecule has 1 aromatic carbocycles. The fourth-order valence-corrected chi connectivity index (χ4v) is 4.09. The lowest BCUT2D eigenvalue weighted by molar-refractivity contribution is 0.0246. The van der Waals surface area contributed by atoms with E-state index in [1.807, 2.05) is 12.1 Å². The summed E-state index contributed by atoms with van der Waals surface area (Å²) in [5, 5.41) is 4.86. The van der Waals surface area contributed by atoms with E-state index in [-0.39, 0.29) is 0 Å². The molecule has 1 aliphatic carbocycles. The van der Waals surface area contributed by atoms with Crippen molar-refractivity contribution in [2.24, 2.45) is 5.41 Å². The van der Waals surface area contributed by atoms with Gasteiger partial charge in [-0.05, 0) is 49.3 Å². The van der Waals surface area contributed by atoms with Gasteiger partial charge in [-0.25, -0.2) is 0 Å². The van der Waals surface area contributed by atoms with Crippen LogP contribution in [0.2, 0.25) is 10.0 Å². The molecule has 2 rings (SSSR count). The number of rotatable bonds is 4. The topological polar surface area (TPSA) is 12.0 Å². The summed E-state index contributed by atoms with van der Waals surface area (Å²) < 4.78 is 0. The Morgan fingerprint density at radius 2 is 1.94 bits per heavy atom. The molecule has 1 nitrogen and oxygen atoms in total. The minimum Gasteiger partial charge on any atom is -0.316 e. The normalized spacial score (nSPS) is 25.8. The summed E-state index contributed by atoms with van der Waals surface area (Å²) in [5.74, 6) is 0.524. The van der Waals surface area contributed by atoms with Crippen molar-refractivity contribution >= 4 is 23.2 Å². The summed E-state index contributed by atoms with van der Waals surface area (Å²) in [4.78, 5) is 0. The Kier molecular flexibility index (Phi) is 4.25. The van der Waals surface area contributed by atoms with E-state index < -0.39 is 0 Å². The minimum absolute atomic E-state index is 0.322. The van der Waals surface area contributed by atoms with Crippen LogP contribution in [0.4, 0.5) is 0 Å². The van der Waals surface area contributed by atoms with Crippen LogP contribution >= 0.6 is 23.2 Å². The number of benzene rings is 1. The molecule has 0 aliphatic heterocycles. The molecular formula is C15H21Cl2N. The Morgan fingerprint density at radius 3 is 2.50 bits per heavy atom. The highest BCUT2D eigenvalue weighted by atomic mass is 35.5. The van der Waals surface area contributed by atoms with Gasteiger partial charge in [0.1, 0.15) is 0 Å². The molecule has 1 aliphatic rings. The molecule has 0 amide bonds. The predicted molar refractivity (Wildman–Crippen MR) is 79.7 cm³/mol. The zero-order valence-electron chi connectivity index (χ0n) is 11.3. The van der Waals surface area contributed by atoms with E-state index in [4.69, 9.17) is 23.2 Å². The number of hydrogen-bond acceptors (Lipinski definition) is 1. The molecule has 1 aromatic rings. The van der Waals surface area contributed by atoms with E-state index in [1.165, 1.54) is 18.4 Å². The van der Waals surface area contributed by atoms with E-state index in [2.05, 4.69) is 32.3 Å². The molecular weight excluding hydrogens is 265 g/mol. The van der Waals surface area contributed by atoms with Gasteiger partial charge in [-0.3, -0.25) is 0 Å². The first-order valence-electron chi connectivity index (χ1n) is 6.71. The van der Waals surface area contributed by atoms with Crippen molar-refractivity contribution in [2.75, 3.05) is 7.05 Å². The van der Waals surface area contributed by atoms with Crippen LogP contribution in [0.1, 0.15) is 44.6 Å². The molecule has 100 valence electrons. The van der Waals surface area contributed by atoms with Gasteiger partial charge in [0.2, 0.25) is 0 Å². The molecule has 0 aromatic heterocycles. The van der Waals surface area contributed by atoms with Crippen LogP contribution in [0, 0.1) is 5.41 Å². The molecule has 0 radical (unpaired) electrons. The molecule has 0 spiro atoms. The van der Waals surface area contributed by atoms with Crippen LogP contribution in [-0.4, -0.2) is 13.1 Å². The highest BCUT2D eigenvalue weighted by Crippen LogP contribution is 2.58. The molecule has 2 unspecified atom stereocenters. The quantitative estimate of drug-likeness (QED) is 0.832. The van der Waals surface area contributed by atoms with Crippen molar-refractivity contribution < 1.29 is 0 Å². The Labute approximate surface area is 120 Å². The summed E-state index contributed by atoms with van der Waals surface area (Å²) in [6.45, 7) is 4.55. The van der Waals surface area contributed by atoms with Crippen LogP contribution in [0.5, 0.6) is 0 Å². The monoisotopic (exact) mass is 285 g/mol. The fourth-order valence-electron chi connectivity index (χ4n) is 3.65. The second-order valence-corrected chi connectivity index (χ2v) is 6.00. The summed E-state index contributed by atoms with van der Waals surface area (Å²) in [6.07, 6.45) is 3.49. The minimum atomic E-state index is 0.322. The van der Waals surface area contributed by atoms with Crippen molar-refractivity contribution in [1.29, 1.82) is 0 Å². The molecule has 0 heterocycles. The van der Waals surface area contributed by atoms with Gasteiger partial charge >= 0.3 is 0 Å². The highest BCUT2D eigenvalue weighted by molar-refractivity contribution is 6.42. The van der Waals surface area contributed by atoms with Gasteiger partial charge in [-0.15, -0.1) is 0 Å². The maximum Gasteiger partial charge on any atom is 0.0627 e. The van der Waals surface area contributed by atoms with E-state index in [0.29, 0.717) is 22.4 Å². The zero-order valence-corrected chi connectivity index (χ0v) is 12.8. The predicted octanol–water partition coefficient (Wildman–Crippen LogP) is 4.88. The van der Waals surface area contributed by atoms with Gasteiger partial charge in [-0.2, -0.15) is 0 Å². The lowest BCUT2D eigenvalue weighted by Gasteiger charge is -2.56. The lowest BCUT2D eigenvalue weighted by Crippen LogP contribution is -2.57. The van der Waals surface area contributed by atoms with Crippen molar-refractivity contribution in [2.45, 2.75) is 45.1 Å². The van der Waals surface area contributed by atoms with Gasteiger partial charge in [0, 0.05) is 6.04 Å². The van der Waals surface area contributed by atoms with E-state index in [9.17, 15) is 0 Å². The molecule has 3 heteroatoms. The van der Waals surface area contributed by atoms with Crippen LogP contribution < -0.4 is 5.32 Å². The molecule has 0 bridgehead atoms. The lowest BCUT2D eigenvalue weighted by atomic mass is 9.52. The zero-order chi connectivity index (χ0) is 13.3. The van der Waals surface area contributed by atoms with Gasteiger partial charge in [0.15, 0.2) is 0 Å². The molecule has 2 atom stereocenters. The van der Waals surface area contributed by atoms with Crippen LogP contribution in [0.3, 0.4) is 0 Å².